The molecule has 8 heteroatoms. The molecule has 4 atom stereocenters. The van der Waals surface area contributed by atoms with Gasteiger partial charge in [0.25, 0.3) is 11.8 Å². The highest BCUT2D eigenvalue weighted by Gasteiger charge is 2.62. The fraction of sp³-hybridized carbons (Fsp3) is 0.143. The quantitative estimate of drug-likeness (QED) is 0.199. The Kier molecular flexibility index (Phi) is 6.25. The lowest BCUT2D eigenvalue weighted by Gasteiger charge is -2.34. The van der Waals surface area contributed by atoms with Gasteiger partial charge in [-0.1, -0.05) is 121 Å². The van der Waals surface area contributed by atoms with E-state index in [2.05, 4.69) is 0 Å². The summed E-state index contributed by atoms with van der Waals surface area (Å²) in [6.07, 6.45) is 0. The third-order valence-corrected chi connectivity index (χ3v) is 10.5. The van der Waals surface area contributed by atoms with Gasteiger partial charge >= 0.3 is 0 Å². The Morgan fingerprint density at radius 2 is 0.840 bits per heavy atom. The zero-order valence-electron chi connectivity index (χ0n) is 26.8. The van der Waals surface area contributed by atoms with Crippen LogP contribution in [0.1, 0.15) is 66.4 Å². The van der Waals surface area contributed by atoms with Crippen molar-refractivity contribution in [2.24, 2.45) is 0 Å². The third-order valence-electron chi connectivity index (χ3n) is 10.5. The highest BCUT2D eigenvalue weighted by atomic mass is 16.5. The summed E-state index contributed by atoms with van der Waals surface area (Å²) >= 11 is 0. The lowest BCUT2D eigenvalue weighted by molar-refractivity contribution is -0.0357. The molecule has 6 aromatic rings. The molecule has 0 bridgehead atoms. The van der Waals surface area contributed by atoms with Crippen molar-refractivity contribution >= 4 is 11.8 Å². The van der Waals surface area contributed by atoms with Gasteiger partial charge in [-0.3, -0.25) is 19.4 Å². The van der Waals surface area contributed by atoms with E-state index in [1.165, 1.54) is 0 Å². The number of pyridine rings is 2. The Bertz CT molecular complexity index is 2140. The first-order valence-corrected chi connectivity index (χ1v) is 16.8. The number of nitrogens with zero attached hydrogens (tertiary/aromatic N) is 4. The van der Waals surface area contributed by atoms with Crippen molar-refractivity contribution in [3.8, 4) is 11.4 Å². The summed E-state index contributed by atoms with van der Waals surface area (Å²) in [5, 5.41) is 0. The van der Waals surface area contributed by atoms with Crippen LogP contribution in [-0.2, 0) is 20.9 Å². The summed E-state index contributed by atoms with van der Waals surface area (Å²) in [5.74, 6) is -0.265. The van der Waals surface area contributed by atoms with Gasteiger partial charge < -0.3 is 9.47 Å². The molecule has 2 saturated heterocycles. The van der Waals surface area contributed by atoms with Crippen molar-refractivity contribution < 1.29 is 19.1 Å². The molecular formula is C42H30N4O4. The lowest BCUT2D eigenvalue weighted by Crippen LogP contribution is -2.42. The maximum atomic E-state index is 14.3. The Hall–Kier alpha value is -5.96. The number of fused-ring (bicyclic) bond motifs is 6. The second kappa shape index (κ2) is 10.8. The minimum Gasteiger partial charge on any atom is -0.343 e. The molecule has 2 amide bonds. The van der Waals surface area contributed by atoms with Gasteiger partial charge in [0, 0.05) is 11.1 Å². The van der Waals surface area contributed by atoms with Crippen LogP contribution < -0.4 is 0 Å². The zero-order valence-corrected chi connectivity index (χ0v) is 26.8. The van der Waals surface area contributed by atoms with Crippen molar-refractivity contribution in [3.05, 3.63) is 190 Å². The van der Waals surface area contributed by atoms with Crippen LogP contribution in [0.2, 0.25) is 0 Å². The first-order valence-electron chi connectivity index (χ1n) is 16.8. The van der Waals surface area contributed by atoms with Crippen LogP contribution in [0.5, 0.6) is 0 Å². The van der Waals surface area contributed by atoms with Crippen LogP contribution in [0.3, 0.4) is 0 Å². The predicted molar refractivity (Wildman–Crippen MR) is 185 cm³/mol. The van der Waals surface area contributed by atoms with Crippen LogP contribution in [0.15, 0.2) is 146 Å². The molecule has 0 spiro atoms. The Morgan fingerprint density at radius 1 is 0.480 bits per heavy atom. The number of benzene rings is 4. The number of aromatic nitrogens is 2. The van der Waals surface area contributed by atoms with E-state index in [9.17, 15) is 9.59 Å². The van der Waals surface area contributed by atoms with Gasteiger partial charge in [-0.15, -0.1) is 0 Å². The average molecular weight is 655 g/mol. The van der Waals surface area contributed by atoms with E-state index in [4.69, 9.17) is 19.4 Å². The number of ether oxygens (including phenoxy) is 2. The monoisotopic (exact) mass is 654 g/mol. The van der Waals surface area contributed by atoms with Gasteiger partial charge in [-0.2, -0.15) is 0 Å². The van der Waals surface area contributed by atoms with Crippen LogP contribution in [-0.4, -0.2) is 44.8 Å². The fourth-order valence-electron chi connectivity index (χ4n) is 8.27. The molecule has 0 saturated carbocycles. The number of hydrogen-bond acceptors (Lipinski definition) is 6. The molecule has 242 valence electrons. The van der Waals surface area contributed by atoms with E-state index in [1.54, 1.807) is 0 Å². The van der Waals surface area contributed by atoms with Crippen molar-refractivity contribution in [2.45, 2.75) is 23.5 Å². The summed E-state index contributed by atoms with van der Waals surface area (Å²) in [5.41, 5.74) is 4.40. The third kappa shape index (κ3) is 3.83. The summed E-state index contributed by atoms with van der Waals surface area (Å²) in [7, 11) is 0. The first kappa shape index (κ1) is 29.0. The van der Waals surface area contributed by atoms with Gasteiger partial charge in [-0.05, 0) is 35.4 Å². The van der Waals surface area contributed by atoms with Gasteiger partial charge in [0.1, 0.15) is 11.4 Å². The van der Waals surface area contributed by atoms with Crippen molar-refractivity contribution in [1.29, 1.82) is 0 Å². The Labute approximate surface area is 288 Å². The highest BCUT2D eigenvalue weighted by Crippen LogP contribution is 2.55. The van der Waals surface area contributed by atoms with Gasteiger partial charge in [-0.25, -0.2) is 9.97 Å². The lowest BCUT2D eigenvalue weighted by atomic mass is 9.96. The normalized spacial score (nSPS) is 24.6. The number of carbonyl (C=O) groups is 2. The molecule has 2 aromatic heterocycles. The van der Waals surface area contributed by atoms with E-state index in [1.807, 2.05) is 155 Å². The highest BCUT2D eigenvalue weighted by molar-refractivity contribution is 6.02. The molecule has 0 radical (unpaired) electrons. The topological polar surface area (TPSA) is 84.9 Å². The minimum absolute atomic E-state index is 0.133. The van der Waals surface area contributed by atoms with Crippen LogP contribution in [0, 0.1) is 0 Å². The summed E-state index contributed by atoms with van der Waals surface area (Å²) in [4.78, 5) is 42.6. The second-order valence-electron chi connectivity index (χ2n) is 13.0. The van der Waals surface area contributed by atoms with E-state index >= 15 is 0 Å². The Balaban J connectivity index is 1.12. The van der Waals surface area contributed by atoms with E-state index < -0.39 is 11.4 Å². The van der Waals surface area contributed by atoms with E-state index in [0.717, 1.165) is 22.3 Å². The molecule has 0 aliphatic carbocycles. The van der Waals surface area contributed by atoms with Crippen LogP contribution in [0.25, 0.3) is 11.4 Å². The minimum atomic E-state index is -1.21. The molecule has 10 rings (SSSR count). The van der Waals surface area contributed by atoms with Crippen molar-refractivity contribution in [3.63, 3.8) is 0 Å². The fourth-order valence-corrected chi connectivity index (χ4v) is 8.27. The second-order valence-corrected chi connectivity index (χ2v) is 13.0. The molecule has 50 heavy (non-hydrogen) atoms. The molecule has 2 fully saturated rings. The molecule has 4 aliphatic heterocycles. The zero-order chi connectivity index (χ0) is 33.5. The number of hydrogen-bond donors (Lipinski definition) is 0. The van der Waals surface area contributed by atoms with Gasteiger partial charge in [0.2, 0.25) is 11.4 Å². The van der Waals surface area contributed by atoms with E-state index in [0.29, 0.717) is 47.1 Å². The molecule has 4 aliphatic rings. The standard InChI is InChI=1S/C42H30N4O4/c47-39-31-21-23-33(43-37(31)41(29-17-9-3-10-18-29)45(39)35(25-49-41)27-13-5-1-6-14-27)34-24-22-32-38(44-34)42(30-19-11-4-12-20-30)46(40(32)48)36(26-50-42)28-15-7-2-8-16-28/h1-24,35-36H,25-26H2/t35-,36-,41-,42-/m0/s1. The molecule has 0 unspecified atom stereocenters. The molecule has 8 nitrogen and oxygen atoms in total. The first-order chi connectivity index (χ1) is 24.6. The van der Waals surface area contributed by atoms with E-state index in [-0.39, 0.29) is 23.9 Å². The van der Waals surface area contributed by atoms with Crippen molar-refractivity contribution in [1.82, 2.24) is 19.8 Å². The average Bonchev–Trinajstić information content (AvgIpc) is 3.91. The predicted octanol–water partition coefficient (Wildman–Crippen LogP) is 7.00. The van der Waals surface area contributed by atoms with Crippen LogP contribution in [0.4, 0.5) is 0 Å². The molecular weight excluding hydrogens is 624 g/mol. The smallest absolute Gasteiger partial charge is 0.259 e. The molecule has 6 heterocycles. The SMILES string of the molecule is O=C1c2ccc(-c3ccc4c(n3)[C@]3(c5ccccc5)OC[C@@H](c5ccccc5)N3C4=O)nc2[C@]2(c3ccccc3)OC[C@@H](c3ccccc3)N12. The maximum absolute atomic E-state index is 14.3. The van der Waals surface area contributed by atoms with Gasteiger partial charge in [0.15, 0.2) is 0 Å². The maximum Gasteiger partial charge on any atom is 0.259 e. The number of carbonyl (C=O) groups excluding carboxylic acids is 2. The largest absolute Gasteiger partial charge is 0.343 e. The van der Waals surface area contributed by atoms with Crippen molar-refractivity contribution in [2.75, 3.05) is 13.2 Å². The Morgan fingerprint density at radius 3 is 1.22 bits per heavy atom. The number of rotatable bonds is 5. The summed E-state index contributed by atoms with van der Waals surface area (Å²) in [6.45, 7) is 0.648. The number of amides is 2. The molecule has 0 N–H and O–H groups in total. The summed E-state index contributed by atoms with van der Waals surface area (Å²) < 4.78 is 13.5. The van der Waals surface area contributed by atoms with Crippen LogP contribution >= 0.6 is 0 Å². The van der Waals surface area contributed by atoms with Gasteiger partial charge in [0.05, 0.1) is 47.8 Å². The summed E-state index contributed by atoms with van der Waals surface area (Å²) in [6, 6.07) is 46.3. The molecule has 4 aromatic carbocycles.